The van der Waals surface area contributed by atoms with Crippen LogP contribution in [0.1, 0.15) is 18.1 Å². The van der Waals surface area contributed by atoms with Crippen molar-refractivity contribution in [2.45, 2.75) is 13.3 Å². The number of aryl methyl sites for hydroxylation is 1. The number of rotatable bonds is 6. The first-order valence-electron chi connectivity index (χ1n) is 8.30. The Kier molecular flexibility index (Phi) is 6.01. The van der Waals surface area contributed by atoms with Crippen LogP contribution < -0.4 is 4.74 Å². The van der Waals surface area contributed by atoms with Gasteiger partial charge in [0.05, 0.1) is 16.5 Å². The largest absolute Gasteiger partial charge is 0.490 e. The molecule has 134 valence electrons. The molecule has 0 bridgehead atoms. The molecule has 3 rings (SSSR count). The van der Waals surface area contributed by atoms with Crippen LogP contribution in [0, 0.1) is 0 Å². The predicted molar refractivity (Wildman–Crippen MR) is 105 cm³/mol. The average Bonchev–Trinajstić information content (AvgIpc) is 2.91. The number of amides is 2. The number of hydrogen-bond donors (Lipinski definition) is 0. The number of halogens is 1. The number of hydrogen-bond acceptors (Lipinski definition) is 4. The molecular formula is C20H18ClNO3S. The molecule has 1 heterocycles. The lowest BCUT2D eigenvalue weighted by molar-refractivity contribution is -0.123. The third-order valence-corrected chi connectivity index (χ3v) is 5.19. The van der Waals surface area contributed by atoms with Gasteiger partial charge in [-0.05, 0) is 47.5 Å². The molecular weight excluding hydrogens is 370 g/mol. The minimum atomic E-state index is -0.290. The maximum absolute atomic E-state index is 12.5. The summed E-state index contributed by atoms with van der Waals surface area (Å²) in [6.45, 7) is 2.47. The highest BCUT2D eigenvalue weighted by atomic mass is 35.5. The van der Waals surface area contributed by atoms with Crippen LogP contribution in [0.25, 0.3) is 6.08 Å². The number of imide groups is 1. The molecule has 6 heteroatoms. The van der Waals surface area contributed by atoms with Crippen molar-refractivity contribution in [3.8, 4) is 5.75 Å². The molecule has 1 saturated heterocycles. The maximum Gasteiger partial charge on any atom is 0.293 e. The number of carbonyl (C=O) groups is 2. The summed E-state index contributed by atoms with van der Waals surface area (Å²) in [4.78, 5) is 26.3. The Morgan fingerprint density at radius 3 is 2.54 bits per heavy atom. The Labute approximate surface area is 161 Å². The first-order valence-corrected chi connectivity index (χ1v) is 9.49. The van der Waals surface area contributed by atoms with Crippen molar-refractivity contribution in [1.29, 1.82) is 0 Å². The standard InChI is InChI=1S/C20H18ClNO3S/c1-2-14-7-9-15(10-8-14)13-18-19(23)22(20(24)26-18)11-12-25-17-6-4-3-5-16(17)21/h3-10,13H,2,11-12H2,1H3/b18-13-. The second-order valence-electron chi connectivity index (χ2n) is 5.71. The second-order valence-corrected chi connectivity index (χ2v) is 7.11. The SMILES string of the molecule is CCc1ccc(/C=C2\SC(=O)N(CCOc3ccccc3Cl)C2=O)cc1. The molecule has 2 aromatic carbocycles. The molecule has 0 aliphatic carbocycles. The fourth-order valence-corrected chi connectivity index (χ4v) is 3.56. The summed E-state index contributed by atoms with van der Waals surface area (Å²) in [5, 5.41) is 0.214. The molecule has 0 aromatic heterocycles. The van der Waals surface area contributed by atoms with E-state index in [1.54, 1.807) is 18.2 Å². The molecule has 0 N–H and O–H groups in total. The van der Waals surface area contributed by atoms with E-state index in [2.05, 4.69) is 6.92 Å². The van der Waals surface area contributed by atoms with Gasteiger partial charge in [-0.25, -0.2) is 0 Å². The van der Waals surface area contributed by atoms with Gasteiger partial charge in [0.2, 0.25) is 0 Å². The zero-order valence-electron chi connectivity index (χ0n) is 14.3. The normalized spacial score (nSPS) is 15.8. The van der Waals surface area contributed by atoms with Crippen LogP contribution in [0.15, 0.2) is 53.4 Å². The molecule has 4 nitrogen and oxygen atoms in total. The van der Waals surface area contributed by atoms with Crippen molar-refractivity contribution < 1.29 is 14.3 Å². The van der Waals surface area contributed by atoms with Gasteiger partial charge in [-0.1, -0.05) is 54.9 Å². The number of ether oxygens (including phenoxy) is 1. The molecule has 26 heavy (non-hydrogen) atoms. The first kappa shape index (κ1) is 18.5. The van der Waals surface area contributed by atoms with E-state index in [0.717, 1.165) is 23.7 Å². The quantitative estimate of drug-likeness (QED) is 0.653. The van der Waals surface area contributed by atoms with Crippen LogP contribution in [0.4, 0.5) is 4.79 Å². The van der Waals surface area contributed by atoms with Crippen LogP contribution in [0.2, 0.25) is 5.02 Å². The average molecular weight is 388 g/mol. The van der Waals surface area contributed by atoms with Crippen molar-refractivity contribution in [1.82, 2.24) is 4.90 Å². The van der Waals surface area contributed by atoms with Gasteiger partial charge in [0.1, 0.15) is 12.4 Å². The van der Waals surface area contributed by atoms with E-state index in [0.29, 0.717) is 15.7 Å². The summed E-state index contributed by atoms with van der Waals surface area (Å²) in [6.07, 6.45) is 2.71. The molecule has 0 unspecified atom stereocenters. The molecule has 2 amide bonds. The monoisotopic (exact) mass is 387 g/mol. The smallest absolute Gasteiger partial charge is 0.293 e. The molecule has 1 aliphatic heterocycles. The van der Waals surface area contributed by atoms with E-state index < -0.39 is 0 Å². The van der Waals surface area contributed by atoms with Crippen molar-refractivity contribution in [2.75, 3.05) is 13.2 Å². The Hall–Kier alpha value is -2.24. The summed E-state index contributed by atoms with van der Waals surface area (Å²) in [5.41, 5.74) is 2.13. The van der Waals surface area contributed by atoms with E-state index in [-0.39, 0.29) is 24.3 Å². The minimum Gasteiger partial charge on any atom is -0.490 e. The summed E-state index contributed by atoms with van der Waals surface area (Å²) in [7, 11) is 0. The van der Waals surface area contributed by atoms with Crippen molar-refractivity contribution in [3.63, 3.8) is 0 Å². The van der Waals surface area contributed by atoms with E-state index in [9.17, 15) is 9.59 Å². The lowest BCUT2D eigenvalue weighted by Crippen LogP contribution is -2.32. The summed E-state index contributed by atoms with van der Waals surface area (Å²) in [6, 6.07) is 15.0. The second kappa shape index (κ2) is 8.43. The fraction of sp³-hybridized carbons (Fsp3) is 0.200. The van der Waals surface area contributed by atoms with Gasteiger partial charge in [-0.15, -0.1) is 0 Å². The predicted octanol–water partition coefficient (Wildman–Crippen LogP) is 5.02. The van der Waals surface area contributed by atoms with Gasteiger partial charge in [0, 0.05) is 0 Å². The molecule has 0 saturated carbocycles. The van der Waals surface area contributed by atoms with Crippen molar-refractivity contribution >= 4 is 40.6 Å². The molecule has 1 aliphatic rings. The Morgan fingerprint density at radius 1 is 1.12 bits per heavy atom. The summed E-state index contributed by atoms with van der Waals surface area (Å²) < 4.78 is 5.57. The highest BCUT2D eigenvalue weighted by Crippen LogP contribution is 2.32. The van der Waals surface area contributed by atoms with Crippen molar-refractivity contribution in [3.05, 3.63) is 69.6 Å². The fourth-order valence-electron chi connectivity index (χ4n) is 2.50. The van der Waals surface area contributed by atoms with Gasteiger partial charge in [0.15, 0.2) is 0 Å². The van der Waals surface area contributed by atoms with Gasteiger partial charge in [-0.3, -0.25) is 14.5 Å². The third kappa shape index (κ3) is 4.29. The Morgan fingerprint density at radius 2 is 1.85 bits per heavy atom. The van der Waals surface area contributed by atoms with Crippen LogP contribution in [-0.2, 0) is 11.2 Å². The van der Waals surface area contributed by atoms with Crippen LogP contribution >= 0.6 is 23.4 Å². The summed E-state index contributed by atoms with van der Waals surface area (Å²) >= 11 is 6.98. The molecule has 0 atom stereocenters. The van der Waals surface area contributed by atoms with Crippen LogP contribution in [-0.4, -0.2) is 29.2 Å². The maximum atomic E-state index is 12.5. The number of nitrogens with zero attached hydrogens (tertiary/aromatic N) is 1. The zero-order chi connectivity index (χ0) is 18.5. The van der Waals surface area contributed by atoms with E-state index in [1.165, 1.54) is 10.5 Å². The van der Waals surface area contributed by atoms with Crippen LogP contribution in [0.3, 0.4) is 0 Å². The summed E-state index contributed by atoms with van der Waals surface area (Å²) in [5.74, 6) is 0.245. The number of carbonyl (C=O) groups excluding carboxylic acids is 2. The highest BCUT2D eigenvalue weighted by Gasteiger charge is 2.34. The topological polar surface area (TPSA) is 46.6 Å². The van der Waals surface area contributed by atoms with Gasteiger partial charge in [0.25, 0.3) is 11.1 Å². The third-order valence-electron chi connectivity index (χ3n) is 3.97. The van der Waals surface area contributed by atoms with Gasteiger partial charge < -0.3 is 4.74 Å². The van der Waals surface area contributed by atoms with Gasteiger partial charge >= 0.3 is 0 Å². The Bertz CT molecular complexity index is 848. The lowest BCUT2D eigenvalue weighted by Gasteiger charge is -2.13. The van der Waals surface area contributed by atoms with E-state index in [1.807, 2.05) is 36.4 Å². The van der Waals surface area contributed by atoms with E-state index in [4.69, 9.17) is 16.3 Å². The van der Waals surface area contributed by atoms with Gasteiger partial charge in [-0.2, -0.15) is 0 Å². The van der Waals surface area contributed by atoms with Crippen molar-refractivity contribution in [2.24, 2.45) is 0 Å². The number of para-hydroxylation sites is 1. The molecule has 0 radical (unpaired) electrons. The minimum absolute atomic E-state index is 0.183. The number of benzene rings is 2. The first-order chi connectivity index (χ1) is 12.6. The molecule has 2 aromatic rings. The molecule has 1 fully saturated rings. The van der Waals surface area contributed by atoms with E-state index >= 15 is 0 Å². The molecule has 0 spiro atoms. The number of thioether (sulfide) groups is 1. The highest BCUT2D eigenvalue weighted by molar-refractivity contribution is 8.18. The van der Waals surface area contributed by atoms with Crippen LogP contribution in [0.5, 0.6) is 5.75 Å². The zero-order valence-corrected chi connectivity index (χ0v) is 15.8. The lowest BCUT2D eigenvalue weighted by atomic mass is 10.1. The Balaban J connectivity index is 1.63.